The first kappa shape index (κ1) is 11.0. The highest BCUT2D eigenvalue weighted by Gasteiger charge is 2.22. The SMILES string of the molecule is CO[B]c1ccc(OC(C)(F)F)cc1. The minimum Gasteiger partial charge on any atom is -0.437 e. The van der Waals surface area contributed by atoms with Crippen LogP contribution in [0.3, 0.4) is 0 Å². The molecule has 0 N–H and O–H groups in total. The summed E-state index contributed by atoms with van der Waals surface area (Å²) in [7, 11) is 3.03. The molecule has 0 fully saturated rings. The fourth-order valence-electron chi connectivity index (χ4n) is 0.957. The lowest BCUT2D eigenvalue weighted by Crippen LogP contribution is -2.20. The van der Waals surface area contributed by atoms with E-state index in [0.29, 0.717) is 6.92 Å². The minimum atomic E-state index is -3.15. The van der Waals surface area contributed by atoms with Gasteiger partial charge < -0.3 is 9.39 Å². The summed E-state index contributed by atoms with van der Waals surface area (Å²) in [6.07, 6.45) is -3.15. The molecule has 0 aliphatic heterocycles. The molecule has 5 heteroatoms. The Morgan fingerprint density at radius 3 is 2.21 bits per heavy atom. The third kappa shape index (κ3) is 3.74. The van der Waals surface area contributed by atoms with Crippen LogP contribution in [0.4, 0.5) is 8.78 Å². The highest BCUT2D eigenvalue weighted by molar-refractivity contribution is 6.46. The van der Waals surface area contributed by atoms with Gasteiger partial charge in [0.2, 0.25) is 0 Å². The predicted molar refractivity (Wildman–Crippen MR) is 50.1 cm³/mol. The van der Waals surface area contributed by atoms with E-state index in [9.17, 15) is 8.78 Å². The molecule has 1 rings (SSSR count). The van der Waals surface area contributed by atoms with E-state index in [1.165, 1.54) is 26.7 Å². The van der Waals surface area contributed by atoms with Crippen LogP contribution in [0.15, 0.2) is 24.3 Å². The van der Waals surface area contributed by atoms with Gasteiger partial charge in [0.05, 0.1) is 0 Å². The third-order valence-corrected chi connectivity index (χ3v) is 1.43. The number of hydrogen-bond acceptors (Lipinski definition) is 2. The molecule has 0 aliphatic rings. The molecule has 0 atom stereocenters. The molecule has 0 aliphatic carbocycles. The van der Waals surface area contributed by atoms with Crippen molar-refractivity contribution in [2.75, 3.05) is 7.11 Å². The van der Waals surface area contributed by atoms with Crippen molar-refractivity contribution in [1.82, 2.24) is 0 Å². The van der Waals surface area contributed by atoms with Crippen molar-refractivity contribution >= 4 is 12.9 Å². The highest BCUT2D eigenvalue weighted by Crippen LogP contribution is 2.19. The van der Waals surface area contributed by atoms with Gasteiger partial charge in [-0.1, -0.05) is 17.6 Å². The molecule has 75 valence electrons. The maximum atomic E-state index is 12.4. The molecule has 0 spiro atoms. The normalized spacial score (nSPS) is 11.1. The summed E-state index contributed by atoms with van der Waals surface area (Å²) in [6, 6.07) is 6.18. The van der Waals surface area contributed by atoms with E-state index < -0.39 is 6.11 Å². The van der Waals surface area contributed by atoms with E-state index in [1.807, 2.05) is 0 Å². The number of benzene rings is 1. The summed E-state index contributed by atoms with van der Waals surface area (Å²) in [5.74, 6) is 0.130. The van der Waals surface area contributed by atoms with Gasteiger partial charge in [0.15, 0.2) is 0 Å². The molecule has 1 radical (unpaired) electrons. The van der Waals surface area contributed by atoms with E-state index in [-0.39, 0.29) is 5.75 Å². The molecular weight excluding hydrogens is 189 g/mol. The summed E-state index contributed by atoms with van der Waals surface area (Å²) in [5, 5.41) is 0. The molecule has 1 aromatic carbocycles. The lowest BCUT2D eigenvalue weighted by atomic mass is 9.88. The second-order valence-electron chi connectivity index (χ2n) is 2.83. The Morgan fingerprint density at radius 2 is 1.79 bits per heavy atom. The summed E-state index contributed by atoms with van der Waals surface area (Å²) < 4.78 is 33.9. The fraction of sp³-hybridized carbons (Fsp3) is 0.333. The van der Waals surface area contributed by atoms with Crippen molar-refractivity contribution in [2.24, 2.45) is 0 Å². The molecule has 1 aromatic rings. The van der Waals surface area contributed by atoms with Crippen LogP contribution in [0, 0.1) is 0 Å². The largest absolute Gasteiger partial charge is 0.437 e. The smallest absolute Gasteiger partial charge is 0.394 e. The van der Waals surface area contributed by atoms with Gasteiger partial charge in [-0.15, -0.1) is 0 Å². The van der Waals surface area contributed by atoms with Crippen LogP contribution in [0.1, 0.15) is 6.92 Å². The van der Waals surface area contributed by atoms with E-state index in [1.54, 1.807) is 12.1 Å². The van der Waals surface area contributed by atoms with Crippen LogP contribution in [0.25, 0.3) is 0 Å². The van der Waals surface area contributed by atoms with Gasteiger partial charge in [-0.2, -0.15) is 8.78 Å². The van der Waals surface area contributed by atoms with Gasteiger partial charge >= 0.3 is 13.6 Å². The first-order chi connectivity index (χ1) is 6.51. The zero-order chi connectivity index (χ0) is 10.6. The molecule has 0 bridgehead atoms. The number of alkyl halides is 2. The third-order valence-electron chi connectivity index (χ3n) is 1.43. The molecule has 0 aromatic heterocycles. The Kier molecular flexibility index (Phi) is 3.46. The van der Waals surface area contributed by atoms with Crippen LogP contribution in [0.5, 0.6) is 5.75 Å². The molecular formula is C9H10BF2O2. The van der Waals surface area contributed by atoms with Gasteiger partial charge in [-0.05, 0) is 12.1 Å². The van der Waals surface area contributed by atoms with E-state index >= 15 is 0 Å². The summed E-state index contributed by atoms with van der Waals surface area (Å²) in [4.78, 5) is 0. The first-order valence-electron chi connectivity index (χ1n) is 4.04. The molecule has 2 nitrogen and oxygen atoms in total. The predicted octanol–water partition coefficient (Wildman–Crippen LogP) is 1.57. The summed E-state index contributed by atoms with van der Waals surface area (Å²) >= 11 is 0. The molecule has 0 amide bonds. The Hall–Kier alpha value is -1.10. The number of halogens is 2. The van der Waals surface area contributed by atoms with Gasteiger partial charge in [0.1, 0.15) is 5.75 Å². The van der Waals surface area contributed by atoms with Crippen molar-refractivity contribution < 1.29 is 18.2 Å². The molecule has 14 heavy (non-hydrogen) atoms. The monoisotopic (exact) mass is 199 g/mol. The Labute approximate surface area is 82.1 Å². The maximum Gasteiger partial charge on any atom is 0.394 e. The highest BCUT2D eigenvalue weighted by atomic mass is 19.3. The van der Waals surface area contributed by atoms with Crippen LogP contribution in [-0.4, -0.2) is 20.7 Å². The average Bonchev–Trinajstić information content (AvgIpc) is 2.06. The van der Waals surface area contributed by atoms with Crippen LogP contribution in [-0.2, 0) is 4.65 Å². The van der Waals surface area contributed by atoms with Gasteiger partial charge in [-0.25, -0.2) is 0 Å². The molecule has 0 heterocycles. The standard InChI is InChI=1S/C9H10BF2O2/c1-9(11,12)14-8-5-3-7(4-6-8)10-13-2/h3-6H,1-2H3. The minimum absolute atomic E-state index is 0.130. The van der Waals surface area contributed by atoms with E-state index in [0.717, 1.165) is 5.46 Å². The Bertz CT molecular complexity index is 282. The van der Waals surface area contributed by atoms with E-state index in [4.69, 9.17) is 4.65 Å². The second kappa shape index (κ2) is 4.42. The average molecular weight is 199 g/mol. The lowest BCUT2D eigenvalue weighted by Gasteiger charge is -2.12. The van der Waals surface area contributed by atoms with Gasteiger partial charge in [0.25, 0.3) is 0 Å². The summed E-state index contributed by atoms with van der Waals surface area (Å²) in [6.45, 7) is 0.697. The van der Waals surface area contributed by atoms with Crippen LogP contribution >= 0.6 is 0 Å². The van der Waals surface area contributed by atoms with Crippen LogP contribution in [0.2, 0.25) is 0 Å². The second-order valence-corrected chi connectivity index (χ2v) is 2.83. The molecule has 0 unspecified atom stereocenters. The number of hydrogen-bond donors (Lipinski definition) is 0. The lowest BCUT2D eigenvalue weighted by molar-refractivity contribution is -0.158. The van der Waals surface area contributed by atoms with E-state index in [2.05, 4.69) is 4.74 Å². The van der Waals surface area contributed by atoms with Gasteiger partial charge in [0, 0.05) is 14.0 Å². The van der Waals surface area contributed by atoms with Crippen molar-refractivity contribution in [2.45, 2.75) is 13.0 Å². The molecule has 0 saturated carbocycles. The van der Waals surface area contributed by atoms with Crippen molar-refractivity contribution in [3.63, 3.8) is 0 Å². The van der Waals surface area contributed by atoms with Crippen LogP contribution < -0.4 is 10.2 Å². The topological polar surface area (TPSA) is 18.5 Å². The van der Waals surface area contributed by atoms with Crippen molar-refractivity contribution in [3.8, 4) is 5.75 Å². The maximum absolute atomic E-state index is 12.4. The zero-order valence-electron chi connectivity index (χ0n) is 7.96. The fourth-order valence-corrected chi connectivity index (χ4v) is 0.957. The van der Waals surface area contributed by atoms with Crippen molar-refractivity contribution in [3.05, 3.63) is 24.3 Å². The number of ether oxygens (including phenoxy) is 1. The first-order valence-corrected chi connectivity index (χ1v) is 4.04. The Morgan fingerprint density at radius 1 is 1.21 bits per heavy atom. The van der Waals surface area contributed by atoms with Gasteiger partial charge in [-0.3, -0.25) is 0 Å². The molecule has 0 saturated heterocycles. The Balaban J connectivity index is 2.64. The quantitative estimate of drug-likeness (QED) is 0.685. The number of rotatable bonds is 4. The summed E-state index contributed by atoms with van der Waals surface area (Å²) in [5.41, 5.74) is 0.791. The zero-order valence-corrected chi connectivity index (χ0v) is 7.96. The van der Waals surface area contributed by atoms with Crippen molar-refractivity contribution in [1.29, 1.82) is 0 Å².